The molecule has 10 heavy (non-hydrogen) atoms. The van der Waals surface area contributed by atoms with Crippen LogP contribution in [0.5, 0.6) is 0 Å². The summed E-state index contributed by atoms with van der Waals surface area (Å²) in [5, 5.41) is 0. The van der Waals surface area contributed by atoms with E-state index in [0.717, 1.165) is 5.75 Å². The van der Waals surface area contributed by atoms with Crippen molar-refractivity contribution in [3.05, 3.63) is 0 Å². The number of hydrogen-bond donors (Lipinski definition) is 0. The molecule has 0 aromatic heterocycles. The lowest BCUT2D eigenvalue weighted by Crippen LogP contribution is -2.19. The first-order valence-corrected chi connectivity index (χ1v) is 4.98. The highest BCUT2D eigenvalue weighted by atomic mass is 32.2. The predicted octanol–water partition coefficient (Wildman–Crippen LogP) is 2.21. The van der Waals surface area contributed by atoms with Crippen molar-refractivity contribution in [2.45, 2.75) is 20.8 Å². The van der Waals surface area contributed by atoms with E-state index in [4.69, 9.17) is 0 Å². The first kappa shape index (κ1) is 10.0. The molecule has 0 amide bonds. The summed E-state index contributed by atoms with van der Waals surface area (Å²) in [5.41, 5.74) is 0. The van der Waals surface area contributed by atoms with Gasteiger partial charge in [-0.05, 0) is 19.1 Å². The molecule has 0 radical (unpaired) electrons. The van der Waals surface area contributed by atoms with Crippen molar-refractivity contribution >= 4 is 17.5 Å². The van der Waals surface area contributed by atoms with Crippen molar-refractivity contribution < 1.29 is 4.79 Å². The highest BCUT2D eigenvalue weighted by molar-refractivity contribution is 7.98. The number of rotatable bonds is 4. The zero-order valence-electron chi connectivity index (χ0n) is 7.18. The summed E-state index contributed by atoms with van der Waals surface area (Å²) in [4.78, 5) is 11.0. The summed E-state index contributed by atoms with van der Waals surface area (Å²) < 4.78 is 0. The van der Waals surface area contributed by atoms with E-state index in [1.165, 1.54) is 0 Å². The number of carbonyl (C=O) groups is 1. The van der Waals surface area contributed by atoms with Gasteiger partial charge in [0.25, 0.3) is 0 Å². The van der Waals surface area contributed by atoms with Gasteiger partial charge in [0.05, 0.1) is 0 Å². The van der Waals surface area contributed by atoms with Gasteiger partial charge in [-0.2, -0.15) is 11.8 Å². The smallest absolute Gasteiger partial charge is 0.133 e. The summed E-state index contributed by atoms with van der Waals surface area (Å²) in [6.07, 6.45) is 2.04. The molecule has 60 valence electrons. The van der Waals surface area contributed by atoms with Gasteiger partial charge in [-0.25, -0.2) is 0 Å². The van der Waals surface area contributed by atoms with Crippen LogP contribution >= 0.6 is 11.8 Å². The molecule has 2 heteroatoms. The number of ketones is 1. The third-order valence-electron chi connectivity index (χ3n) is 1.67. The predicted molar refractivity (Wildman–Crippen MR) is 47.4 cm³/mol. The van der Waals surface area contributed by atoms with E-state index in [1.54, 1.807) is 18.7 Å². The van der Waals surface area contributed by atoms with Gasteiger partial charge in [-0.15, -0.1) is 0 Å². The van der Waals surface area contributed by atoms with Crippen molar-refractivity contribution in [1.29, 1.82) is 0 Å². The SMILES string of the molecule is CSCC(C(C)=O)C(C)C. The van der Waals surface area contributed by atoms with E-state index in [9.17, 15) is 4.79 Å². The maximum atomic E-state index is 11.0. The minimum absolute atomic E-state index is 0.259. The molecular formula is C8H16OS. The van der Waals surface area contributed by atoms with Crippen molar-refractivity contribution in [2.75, 3.05) is 12.0 Å². The Hall–Kier alpha value is 0.0200. The molecular weight excluding hydrogens is 144 g/mol. The van der Waals surface area contributed by atoms with E-state index in [0.29, 0.717) is 11.7 Å². The molecule has 1 nitrogen and oxygen atoms in total. The van der Waals surface area contributed by atoms with Crippen molar-refractivity contribution in [1.82, 2.24) is 0 Å². The molecule has 0 aliphatic carbocycles. The molecule has 0 aliphatic rings. The van der Waals surface area contributed by atoms with Crippen LogP contribution in [0.15, 0.2) is 0 Å². The quantitative estimate of drug-likeness (QED) is 0.627. The van der Waals surface area contributed by atoms with Crippen LogP contribution in [0.2, 0.25) is 0 Å². The molecule has 0 fully saturated rings. The fourth-order valence-corrected chi connectivity index (χ4v) is 1.94. The largest absolute Gasteiger partial charge is 0.300 e. The van der Waals surface area contributed by atoms with Crippen LogP contribution in [0.1, 0.15) is 20.8 Å². The Balaban J connectivity index is 3.85. The van der Waals surface area contributed by atoms with Gasteiger partial charge in [-0.1, -0.05) is 13.8 Å². The molecule has 0 bridgehead atoms. The fourth-order valence-electron chi connectivity index (χ4n) is 0.959. The minimum Gasteiger partial charge on any atom is -0.300 e. The number of carbonyl (C=O) groups excluding carboxylic acids is 1. The molecule has 0 saturated heterocycles. The Morgan fingerprint density at radius 1 is 1.50 bits per heavy atom. The van der Waals surface area contributed by atoms with Gasteiger partial charge in [0.1, 0.15) is 5.78 Å². The van der Waals surface area contributed by atoms with Gasteiger partial charge in [0.15, 0.2) is 0 Å². The topological polar surface area (TPSA) is 17.1 Å². The summed E-state index contributed by atoms with van der Waals surface area (Å²) in [7, 11) is 0. The Morgan fingerprint density at radius 2 is 2.00 bits per heavy atom. The lowest BCUT2D eigenvalue weighted by molar-refractivity contribution is -0.121. The van der Waals surface area contributed by atoms with E-state index < -0.39 is 0 Å². The maximum Gasteiger partial charge on any atom is 0.133 e. The molecule has 0 N–H and O–H groups in total. The van der Waals surface area contributed by atoms with E-state index in [-0.39, 0.29) is 5.92 Å². The van der Waals surface area contributed by atoms with Crippen LogP contribution in [-0.4, -0.2) is 17.8 Å². The van der Waals surface area contributed by atoms with Gasteiger partial charge in [0.2, 0.25) is 0 Å². The zero-order chi connectivity index (χ0) is 8.15. The van der Waals surface area contributed by atoms with Crippen molar-refractivity contribution in [2.24, 2.45) is 11.8 Å². The van der Waals surface area contributed by atoms with Crippen molar-refractivity contribution in [3.8, 4) is 0 Å². The van der Waals surface area contributed by atoms with E-state index in [2.05, 4.69) is 13.8 Å². The van der Waals surface area contributed by atoms with E-state index in [1.807, 2.05) is 6.26 Å². The van der Waals surface area contributed by atoms with Crippen LogP contribution in [0.4, 0.5) is 0 Å². The Bertz CT molecular complexity index is 110. The van der Waals surface area contributed by atoms with Gasteiger partial charge in [-0.3, -0.25) is 4.79 Å². The number of Topliss-reactive ketones (excluding diaryl/α,β-unsaturated/α-hetero) is 1. The number of thioether (sulfide) groups is 1. The molecule has 0 aromatic carbocycles. The Morgan fingerprint density at radius 3 is 2.10 bits per heavy atom. The normalized spacial score (nSPS) is 13.7. The van der Waals surface area contributed by atoms with Crippen molar-refractivity contribution in [3.63, 3.8) is 0 Å². The molecule has 0 saturated carbocycles. The van der Waals surface area contributed by atoms with Crippen LogP contribution in [0, 0.1) is 11.8 Å². The first-order valence-electron chi connectivity index (χ1n) is 3.59. The highest BCUT2D eigenvalue weighted by Crippen LogP contribution is 2.16. The molecule has 0 aliphatic heterocycles. The summed E-state index contributed by atoms with van der Waals surface area (Å²) in [5.74, 6) is 2.04. The monoisotopic (exact) mass is 160 g/mol. The van der Waals surface area contributed by atoms with Crippen LogP contribution in [0.25, 0.3) is 0 Å². The second-order valence-electron chi connectivity index (χ2n) is 2.92. The summed E-state index contributed by atoms with van der Waals surface area (Å²) >= 11 is 1.75. The third kappa shape index (κ3) is 3.25. The van der Waals surface area contributed by atoms with Crippen LogP contribution < -0.4 is 0 Å². The standard InChI is InChI=1S/C8H16OS/c1-6(2)8(5-10-4)7(3)9/h6,8H,5H2,1-4H3. The third-order valence-corrected chi connectivity index (χ3v) is 2.37. The Kier molecular flexibility index (Phi) is 4.79. The molecule has 1 unspecified atom stereocenters. The lowest BCUT2D eigenvalue weighted by atomic mass is 9.94. The molecule has 0 aromatic rings. The summed E-state index contributed by atoms with van der Waals surface area (Å²) in [6, 6.07) is 0. The van der Waals surface area contributed by atoms with Gasteiger partial charge in [0, 0.05) is 11.7 Å². The molecule has 1 atom stereocenters. The van der Waals surface area contributed by atoms with Gasteiger partial charge < -0.3 is 0 Å². The highest BCUT2D eigenvalue weighted by Gasteiger charge is 2.16. The molecule has 0 spiro atoms. The lowest BCUT2D eigenvalue weighted by Gasteiger charge is -2.15. The molecule has 0 rings (SSSR count). The second-order valence-corrected chi connectivity index (χ2v) is 3.83. The fraction of sp³-hybridized carbons (Fsp3) is 0.875. The zero-order valence-corrected chi connectivity index (χ0v) is 7.99. The van der Waals surface area contributed by atoms with Crippen LogP contribution in [-0.2, 0) is 4.79 Å². The summed E-state index contributed by atoms with van der Waals surface area (Å²) in [6.45, 7) is 5.88. The van der Waals surface area contributed by atoms with E-state index >= 15 is 0 Å². The second kappa shape index (κ2) is 4.78. The van der Waals surface area contributed by atoms with Crippen LogP contribution in [0.3, 0.4) is 0 Å². The minimum atomic E-state index is 0.259. The first-order chi connectivity index (χ1) is 4.59. The van der Waals surface area contributed by atoms with Gasteiger partial charge >= 0.3 is 0 Å². The average Bonchev–Trinajstić information content (AvgIpc) is 1.81. The maximum absolute atomic E-state index is 11.0. The Labute approximate surface area is 67.6 Å². The molecule has 0 heterocycles. The number of hydrogen-bond acceptors (Lipinski definition) is 2. The average molecular weight is 160 g/mol.